The lowest BCUT2D eigenvalue weighted by Gasteiger charge is -2.50. The molecule has 4 aliphatic carbocycles. The summed E-state index contributed by atoms with van der Waals surface area (Å²) >= 11 is 0. The molecular formula is C72H68N2. The summed E-state index contributed by atoms with van der Waals surface area (Å²) in [6, 6.07) is 66.5. The average molecular weight is 961 g/mol. The lowest BCUT2D eigenvalue weighted by atomic mass is 9.61. The SMILES string of the molecule is CC1(C)c2cc(-c3ccc4c(c3)C3(C)CCCCC3(C)N4c3ccccc3)ccc2-c2cc3c(cc21)C(C)(C)c1cc(-c2ccc4c(c2)C2(C)CCCCC2(C)N4c2ccccc2)c2c(ccc4ccccc42)c1-3. The topological polar surface area (TPSA) is 6.48 Å². The van der Waals surface area contributed by atoms with E-state index in [4.69, 9.17) is 0 Å². The Morgan fingerprint density at radius 3 is 1.47 bits per heavy atom. The second-order valence-corrected chi connectivity index (χ2v) is 25.4. The first-order valence-electron chi connectivity index (χ1n) is 28.0. The molecule has 6 aliphatic rings. The van der Waals surface area contributed by atoms with Crippen molar-refractivity contribution in [1.29, 1.82) is 0 Å². The number of hydrogen-bond acceptors (Lipinski definition) is 2. The summed E-state index contributed by atoms with van der Waals surface area (Å²) in [6.07, 6.45) is 9.91. The summed E-state index contributed by atoms with van der Waals surface area (Å²) in [4.78, 5) is 5.40. The van der Waals surface area contributed by atoms with Crippen LogP contribution >= 0.6 is 0 Å². The van der Waals surface area contributed by atoms with Crippen LogP contribution in [-0.2, 0) is 21.7 Å². The molecule has 0 amide bonds. The van der Waals surface area contributed by atoms with Gasteiger partial charge in [-0.25, -0.2) is 0 Å². The van der Waals surface area contributed by atoms with Crippen molar-refractivity contribution in [2.45, 2.75) is 139 Å². The molecular weight excluding hydrogens is 893 g/mol. The molecule has 74 heavy (non-hydrogen) atoms. The molecule has 4 atom stereocenters. The summed E-state index contributed by atoms with van der Waals surface area (Å²) in [5.74, 6) is 0. The summed E-state index contributed by atoms with van der Waals surface area (Å²) in [5.41, 5.74) is 24.8. The molecule has 0 spiro atoms. The van der Waals surface area contributed by atoms with Crippen molar-refractivity contribution in [2.24, 2.45) is 0 Å². The minimum atomic E-state index is -0.208. The summed E-state index contributed by atoms with van der Waals surface area (Å²) < 4.78 is 0. The average Bonchev–Trinajstić information content (AvgIpc) is 3.96. The number of nitrogens with zero attached hydrogens (tertiary/aromatic N) is 2. The Labute approximate surface area is 439 Å². The monoisotopic (exact) mass is 961 g/mol. The fraction of sp³-hybridized carbons (Fsp3) is 0.306. The van der Waals surface area contributed by atoms with Gasteiger partial charge in [0.1, 0.15) is 0 Å². The zero-order chi connectivity index (χ0) is 50.3. The summed E-state index contributed by atoms with van der Waals surface area (Å²) in [7, 11) is 0. The molecule has 0 saturated heterocycles. The molecule has 0 bridgehead atoms. The third-order valence-electron chi connectivity index (χ3n) is 21.3. The van der Waals surface area contributed by atoms with Gasteiger partial charge in [-0.3, -0.25) is 0 Å². The van der Waals surface area contributed by atoms with Crippen LogP contribution in [0.1, 0.15) is 140 Å². The van der Waals surface area contributed by atoms with Crippen LogP contribution in [-0.4, -0.2) is 11.1 Å². The Balaban J connectivity index is 0.876. The van der Waals surface area contributed by atoms with E-state index in [1.165, 1.54) is 174 Å². The van der Waals surface area contributed by atoms with Crippen LogP contribution < -0.4 is 9.80 Å². The summed E-state index contributed by atoms with van der Waals surface area (Å²) in [5, 5.41) is 5.35. The zero-order valence-electron chi connectivity index (χ0n) is 44.7. The fourth-order valence-electron chi connectivity index (χ4n) is 16.8. The Hall–Kier alpha value is -6.90. The molecule has 2 aliphatic heterocycles. The second-order valence-electron chi connectivity index (χ2n) is 25.4. The zero-order valence-corrected chi connectivity index (χ0v) is 44.7. The van der Waals surface area contributed by atoms with E-state index in [1.54, 1.807) is 0 Å². The van der Waals surface area contributed by atoms with Crippen molar-refractivity contribution >= 4 is 44.3 Å². The minimum absolute atomic E-state index is 0.000926. The number of rotatable bonds is 4. The van der Waals surface area contributed by atoms with Gasteiger partial charge < -0.3 is 9.80 Å². The maximum absolute atomic E-state index is 2.71. The van der Waals surface area contributed by atoms with Crippen molar-refractivity contribution in [1.82, 2.24) is 0 Å². The highest BCUT2D eigenvalue weighted by Crippen LogP contribution is 2.64. The van der Waals surface area contributed by atoms with E-state index in [1.807, 2.05) is 0 Å². The van der Waals surface area contributed by atoms with Crippen LogP contribution in [0.5, 0.6) is 0 Å². The van der Waals surface area contributed by atoms with Crippen molar-refractivity contribution in [2.75, 3.05) is 9.80 Å². The summed E-state index contributed by atoms with van der Waals surface area (Å²) in [6.45, 7) is 20.2. The molecule has 2 heteroatoms. The van der Waals surface area contributed by atoms with Crippen molar-refractivity contribution < 1.29 is 0 Å². The number of para-hydroxylation sites is 2. The van der Waals surface area contributed by atoms with Crippen LogP contribution in [0.3, 0.4) is 0 Å². The van der Waals surface area contributed by atoms with Gasteiger partial charge in [-0.2, -0.15) is 0 Å². The van der Waals surface area contributed by atoms with Gasteiger partial charge in [-0.1, -0.05) is 170 Å². The molecule has 2 heterocycles. The molecule has 0 N–H and O–H groups in total. The third kappa shape index (κ3) is 5.52. The molecule has 366 valence electrons. The molecule has 2 saturated carbocycles. The quantitative estimate of drug-likeness (QED) is 0.162. The Morgan fingerprint density at radius 1 is 0.338 bits per heavy atom. The minimum Gasteiger partial charge on any atom is -0.334 e. The lowest BCUT2D eigenvalue weighted by Crippen LogP contribution is -2.54. The highest BCUT2D eigenvalue weighted by Gasteiger charge is 2.59. The molecule has 15 rings (SSSR count). The van der Waals surface area contributed by atoms with Gasteiger partial charge in [0.2, 0.25) is 0 Å². The van der Waals surface area contributed by atoms with Gasteiger partial charge in [0.15, 0.2) is 0 Å². The van der Waals surface area contributed by atoms with Gasteiger partial charge in [0, 0.05) is 44.4 Å². The van der Waals surface area contributed by atoms with Gasteiger partial charge in [0.25, 0.3) is 0 Å². The van der Waals surface area contributed by atoms with Crippen LogP contribution in [0.2, 0.25) is 0 Å². The second kappa shape index (κ2) is 14.9. The third-order valence-corrected chi connectivity index (χ3v) is 21.3. The predicted molar refractivity (Wildman–Crippen MR) is 313 cm³/mol. The standard InChI is InChI=1S/C72H68N2/c1-67(2)57-39-46(47-29-33-63-60(40-47)69(5)35-17-19-37-71(69,7)73(63)49-22-11-9-12-23-49)28-31-52(57)55-42-56-59(44-58(55)67)68(3,4)62-43-54(65-51-26-16-15-21-45(51)27-32-53(65)66(56)62)48-30-34-64-61(41-48)70(6)36-18-20-38-72(70,8)74(64)50-24-13-10-14-25-50/h9-16,21-34,39-44H,17-20,35-38H2,1-8H3. The van der Waals surface area contributed by atoms with E-state index >= 15 is 0 Å². The van der Waals surface area contributed by atoms with Crippen molar-refractivity contribution in [3.63, 3.8) is 0 Å². The van der Waals surface area contributed by atoms with E-state index in [9.17, 15) is 0 Å². The van der Waals surface area contributed by atoms with Crippen LogP contribution in [0.15, 0.2) is 170 Å². The molecule has 4 unspecified atom stereocenters. The Kier molecular flexibility index (Phi) is 8.98. The van der Waals surface area contributed by atoms with Gasteiger partial charge in [-0.05, 0) is 206 Å². The van der Waals surface area contributed by atoms with Gasteiger partial charge in [-0.15, -0.1) is 0 Å². The Morgan fingerprint density at radius 2 is 0.838 bits per heavy atom. The number of fused-ring (bicyclic) bond motifs is 16. The normalized spacial score (nSPS) is 25.2. The Bertz CT molecular complexity index is 3880. The highest BCUT2D eigenvalue weighted by molar-refractivity contribution is 6.20. The number of benzene rings is 9. The molecule has 2 nitrogen and oxygen atoms in total. The molecule has 2 fully saturated rings. The van der Waals surface area contributed by atoms with E-state index in [2.05, 4.69) is 235 Å². The first-order valence-corrected chi connectivity index (χ1v) is 28.0. The maximum atomic E-state index is 2.71. The van der Waals surface area contributed by atoms with Crippen LogP contribution in [0.25, 0.3) is 66.1 Å². The first-order chi connectivity index (χ1) is 35.7. The maximum Gasteiger partial charge on any atom is 0.0517 e. The fourth-order valence-corrected chi connectivity index (χ4v) is 16.8. The predicted octanol–water partition coefficient (Wildman–Crippen LogP) is 19.4. The van der Waals surface area contributed by atoms with E-state index in [0.29, 0.717) is 0 Å². The largest absolute Gasteiger partial charge is 0.334 e. The van der Waals surface area contributed by atoms with Crippen molar-refractivity contribution in [3.8, 4) is 44.5 Å². The first kappa shape index (κ1) is 44.6. The van der Waals surface area contributed by atoms with Gasteiger partial charge in [0.05, 0.1) is 11.1 Å². The number of hydrogen-bond donors (Lipinski definition) is 0. The van der Waals surface area contributed by atoms with E-state index < -0.39 is 0 Å². The highest BCUT2D eigenvalue weighted by atomic mass is 15.3. The molecule has 9 aromatic rings. The van der Waals surface area contributed by atoms with E-state index in [0.717, 1.165) is 0 Å². The molecule has 9 aromatic carbocycles. The van der Waals surface area contributed by atoms with Crippen LogP contribution in [0, 0.1) is 0 Å². The van der Waals surface area contributed by atoms with Crippen molar-refractivity contribution in [3.05, 3.63) is 203 Å². The smallest absolute Gasteiger partial charge is 0.0517 e. The number of anilines is 4. The van der Waals surface area contributed by atoms with E-state index in [-0.39, 0.29) is 32.7 Å². The van der Waals surface area contributed by atoms with Gasteiger partial charge >= 0.3 is 0 Å². The molecule has 0 aromatic heterocycles. The lowest BCUT2D eigenvalue weighted by molar-refractivity contribution is 0.195. The van der Waals surface area contributed by atoms with Crippen LogP contribution in [0.4, 0.5) is 22.7 Å². The molecule has 0 radical (unpaired) electrons.